The van der Waals surface area contributed by atoms with Crippen LogP contribution in [0.4, 0.5) is 10.1 Å². The molecule has 0 atom stereocenters. The number of rotatable bonds is 7. The molecule has 1 amide bonds. The number of ether oxygens (including phenoxy) is 2. The minimum atomic E-state index is -0.819. The lowest BCUT2D eigenvalue weighted by atomic mass is 10.2. The van der Waals surface area contributed by atoms with Gasteiger partial charge in [0, 0.05) is 17.7 Å². The SMILES string of the molecule is COc1ccc(/C=N\NC(=O)c2ccc([N+](=O)[O-])cc2)cc1Oc1nc(Cl)ncc1F. The van der Waals surface area contributed by atoms with Gasteiger partial charge in [-0.3, -0.25) is 14.9 Å². The fraction of sp³-hybridized carbons (Fsp3) is 0.0526. The van der Waals surface area contributed by atoms with Gasteiger partial charge >= 0.3 is 0 Å². The lowest BCUT2D eigenvalue weighted by molar-refractivity contribution is -0.384. The topological polar surface area (TPSA) is 129 Å². The predicted molar refractivity (Wildman–Crippen MR) is 108 cm³/mol. The first-order valence-electron chi connectivity index (χ1n) is 8.49. The molecule has 31 heavy (non-hydrogen) atoms. The van der Waals surface area contributed by atoms with Crippen LogP contribution < -0.4 is 14.9 Å². The summed E-state index contributed by atoms with van der Waals surface area (Å²) in [5.74, 6) is -1.35. The third kappa shape index (κ3) is 5.48. The number of benzene rings is 2. The number of hydrogen-bond acceptors (Lipinski definition) is 8. The van der Waals surface area contributed by atoms with Crippen LogP contribution in [0.25, 0.3) is 0 Å². The van der Waals surface area contributed by atoms with Gasteiger partial charge in [0.15, 0.2) is 11.5 Å². The highest BCUT2D eigenvalue weighted by Crippen LogP contribution is 2.32. The molecule has 158 valence electrons. The van der Waals surface area contributed by atoms with Crippen LogP contribution in [0.3, 0.4) is 0 Å². The molecule has 0 spiro atoms. The Balaban J connectivity index is 1.73. The van der Waals surface area contributed by atoms with Crippen LogP contribution in [0, 0.1) is 15.9 Å². The van der Waals surface area contributed by atoms with Crippen molar-refractivity contribution in [2.24, 2.45) is 5.10 Å². The minimum Gasteiger partial charge on any atom is -0.493 e. The van der Waals surface area contributed by atoms with Crippen molar-refractivity contribution in [2.45, 2.75) is 0 Å². The monoisotopic (exact) mass is 445 g/mol. The summed E-state index contributed by atoms with van der Waals surface area (Å²) >= 11 is 5.67. The summed E-state index contributed by atoms with van der Waals surface area (Å²) in [6.07, 6.45) is 2.19. The van der Waals surface area contributed by atoms with Crippen molar-refractivity contribution in [1.82, 2.24) is 15.4 Å². The maximum absolute atomic E-state index is 13.9. The summed E-state index contributed by atoms with van der Waals surface area (Å²) in [6, 6.07) is 9.70. The Hall–Kier alpha value is -4.12. The summed E-state index contributed by atoms with van der Waals surface area (Å²) in [5, 5.41) is 14.3. The Bertz CT molecular complexity index is 1160. The third-order valence-electron chi connectivity index (χ3n) is 3.80. The second-order valence-corrected chi connectivity index (χ2v) is 6.15. The lowest BCUT2D eigenvalue weighted by Gasteiger charge is -2.10. The second-order valence-electron chi connectivity index (χ2n) is 5.81. The number of nitro benzene ring substituents is 1. The molecule has 3 aromatic rings. The van der Waals surface area contributed by atoms with Gasteiger partial charge in [-0.1, -0.05) is 0 Å². The zero-order valence-corrected chi connectivity index (χ0v) is 16.5. The molecule has 0 unspecified atom stereocenters. The van der Waals surface area contributed by atoms with Crippen LogP contribution in [0.5, 0.6) is 17.4 Å². The molecule has 0 saturated heterocycles. The van der Waals surface area contributed by atoms with Crippen molar-refractivity contribution < 1.29 is 23.6 Å². The minimum absolute atomic E-state index is 0.127. The molecule has 1 aromatic heterocycles. The second kappa shape index (κ2) is 9.59. The molecule has 0 fully saturated rings. The number of aromatic nitrogens is 2. The van der Waals surface area contributed by atoms with E-state index in [1.807, 2.05) is 0 Å². The van der Waals surface area contributed by atoms with E-state index in [0.717, 1.165) is 6.20 Å². The van der Waals surface area contributed by atoms with Gasteiger partial charge in [-0.15, -0.1) is 0 Å². The van der Waals surface area contributed by atoms with E-state index in [2.05, 4.69) is 20.5 Å². The summed E-state index contributed by atoms with van der Waals surface area (Å²) in [7, 11) is 1.41. The molecule has 0 radical (unpaired) electrons. The normalized spacial score (nSPS) is 10.7. The fourth-order valence-corrected chi connectivity index (χ4v) is 2.45. The quantitative estimate of drug-likeness (QED) is 0.254. The molecule has 0 aliphatic heterocycles. The number of hydrogen-bond donors (Lipinski definition) is 1. The summed E-state index contributed by atoms with van der Waals surface area (Å²) in [4.78, 5) is 29.4. The van der Waals surface area contributed by atoms with Gasteiger partial charge < -0.3 is 9.47 Å². The Morgan fingerprint density at radius 1 is 1.26 bits per heavy atom. The molecular weight excluding hydrogens is 433 g/mol. The molecule has 3 rings (SSSR count). The van der Waals surface area contributed by atoms with Crippen LogP contribution in [0.15, 0.2) is 53.8 Å². The van der Waals surface area contributed by atoms with Crippen molar-refractivity contribution in [1.29, 1.82) is 0 Å². The molecule has 0 bridgehead atoms. The molecular formula is C19H13ClFN5O5. The van der Waals surface area contributed by atoms with Crippen molar-refractivity contribution in [3.05, 3.63) is 81.0 Å². The Kier molecular flexibility index (Phi) is 6.67. The van der Waals surface area contributed by atoms with Gasteiger partial charge in [0.05, 0.1) is 24.4 Å². The Labute approximate surface area is 179 Å². The fourth-order valence-electron chi connectivity index (χ4n) is 2.32. The number of non-ortho nitro benzene ring substituents is 1. The van der Waals surface area contributed by atoms with Gasteiger partial charge in [0.1, 0.15) is 0 Å². The molecule has 0 aliphatic rings. The van der Waals surface area contributed by atoms with Crippen molar-refractivity contribution in [3.63, 3.8) is 0 Å². The lowest BCUT2D eigenvalue weighted by Crippen LogP contribution is -2.17. The molecule has 10 nitrogen and oxygen atoms in total. The largest absolute Gasteiger partial charge is 0.493 e. The number of halogens is 2. The highest BCUT2D eigenvalue weighted by atomic mass is 35.5. The van der Waals surface area contributed by atoms with Crippen molar-refractivity contribution >= 4 is 29.4 Å². The molecule has 1 heterocycles. The Morgan fingerprint density at radius 3 is 2.68 bits per heavy atom. The highest BCUT2D eigenvalue weighted by molar-refractivity contribution is 6.28. The van der Waals surface area contributed by atoms with Gasteiger partial charge in [0.25, 0.3) is 17.5 Å². The summed E-state index contributed by atoms with van der Waals surface area (Å²) in [6.45, 7) is 0. The van der Waals surface area contributed by atoms with E-state index >= 15 is 0 Å². The zero-order valence-electron chi connectivity index (χ0n) is 15.8. The van der Waals surface area contributed by atoms with Crippen LogP contribution in [0.2, 0.25) is 5.28 Å². The van der Waals surface area contributed by atoms with Crippen LogP contribution in [-0.4, -0.2) is 34.1 Å². The van der Waals surface area contributed by atoms with Gasteiger partial charge in [0.2, 0.25) is 11.1 Å². The number of carbonyl (C=O) groups excluding carboxylic acids is 1. The van der Waals surface area contributed by atoms with E-state index in [-0.39, 0.29) is 28.2 Å². The molecule has 0 aliphatic carbocycles. The first kappa shape index (κ1) is 21.6. The molecule has 0 saturated carbocycles. The van der Waals surface area contributed by atoms with E-state index in [1.54, 1.807) is 12.1 Å². The maximum atomic E-state index is 13.9. The predicted octanol–water partition coefficient (Wildman–Crippen LogP) is 3.74. The van der Waals surface area contributed by atoms with Crippen LogP contribution in [0.1, 0.15) is 15.9 Å². The first-order chi connectivity index (χ1) is 14.9. The van der Waals surface area contributed by atoms with Crippen molar-refractivity contribution in [3.8, 4) is 17.4 Å². The smallest absolute Gasteiger partial charge is 0.271 e. The third-order valence-corrected chi connectivity index (χ3v) is 3.98. The summed E-state index contributed by atoms with van der Waals surface area (Å²) in [5.41, 5.74) is 2.85. The van der Waals surface area contributed by atoms with E-state index in [9.17, 15) is 19.3 Å². The number of carbonyl (C=O) groups is 1. The molecule has 1 N–H and O–H groups in total. The first-order valence-corrected chi connectivity index (χ1v) is 8.87. The van der Waals surface area contributed by atoms with E-state index < -0.39 is 16.6 Å². The van der Waals surface area contributed by atoms with Gasteiger partial charge in [-0.05, 0) is 47.5 Å². The van der Waals surface area contributed by atoms with Gasteiger partial charge in [-0.2, -0.15) is 14.5 Å². The van der Waals surface area contributed by atoms with E-state index in [0.29, 0.717) is 11.3 Å². The maximum Gasteiger partial charge on any atom is 0.271 e. The van der Waals surface area contributed by atoms with Crippen molar-refractivity contribution in [2.75, 3.05) is 7.11 Å². The van der Waals surface area contributed by atoms with Gasteiger partial charge in [-0.25, -0.2) is 10.4 Å². The number of nitrogens with zero attached hydrogens (tertiary/aromatic N) is 4. The molecule has 12 heteroatoms. The highest BCUT2D eigenvalue weighted by Gasteiger charge is 2.13. The number of nitro groups is 1. The molecule has 2 aromatic carbocycles. The number of nitrogens with one attached hydrogen (secondary N) is 1. The van der Waals surface area contributed by atoms with E-state index in [1.165, 1.54) is 43.7 Å². The average molecular weight is 446 g/mol. The average Bonchev–Trinajstić information content (AvgIpc) is 2.76. The Morgan fingerprint density at radius 2 is 2.00 bits per heavy atom. The van der Waals surface area contributed by atoms with Crippen LogP contribution in [-0.2, 0) is 0 Å². The zero-order chi connectivity index (χ0) is 22.4. The van der Waals surface area contributed by atoms with E-state index in [4.69, 9.17) is 21.1 Å². The number of amides is 1. The standard InChI is InChI=1S/C19H13ClFN5O5/c1-30-15-7-2-11(8-16(15)31-18-14(21)10-22-19(20)24-18)9-23-25-17(27)12-3-5-13(6-4-12)26(28)29/h2-10H,1H3,(H,25,27)/b23-9-. The summed E-state index contributed by atoms with van der Waals surface area (Å²) < 4.78 is 24.5. The van der Waals surface area contributed by atoms with Crippen LogP contribution >= 0.6 is 11.6 Å². The number of methoxy groups -OCH3 is 1. The number of hydrazone groups is 1.